The molecule has 0 saturated heterocycles. The summed E-state index contributed by atoms with van der Waals surface area (Å²) < 4.78 is 89.4. The van der Waals surface area contributed by atoms with E-state index in [1.165, 1.54) is 0 Å². The van der Waals surface area contributed by atoms with Crippen LogP contribution in [-0.4, -0.2) is 86.9 Å². The molecule has 0 atom stereocenters. The van der Waals surface area contributed by atoms with Crippen LogP contribution in [0.3, 0.4) is 0 Å². The summed E-state index contributed by atoms with van der Waals surface area (Å²) in [4.78, 5) is 10.5. The van der Waals surface area contributed by atoms with Gasteiger partial charge in [0.2, 0.25) is 27.9 Å². The first-order chi connectivity index (χ1) is 15.2. The van der Waals surface area contributed by atoms with Gasteiger partial charge in [-0.2, -0.15) is 31.8 Å². The number of anilines is 4. The van der Waals surface area contributed by atoms with Crippen LogP contribution in [0, 0.1) is 0 Å². The molecule has 2 aromatic rings. The minimum Gasteiger partial charge on any atom is -0.395 e. The summed E-state index contributed by atoms with van der Waals surface area (Å²) in [5.41, 5.74) is -0.475. The molecule has 0 aliphatic heterocycles. The molecule has 0 saturated carbocycles. The molecule has 1 aromatic carbocycles. The maximum absolute atomic E-state index is 11.7. The lowest BCUT2D eigenvalue weighted by Crippen LogP contribution is -2.28. The molecule has 1 aromatic heterocycles. The number of hydrogen-bond donors (Lipinski definition) is 7. The van der Waals surface area contributed by atoms with Gasteiger partial charge in [-0.15, -0.1) is 0 Å². The van der Waals surface area contributed by atoms with Gasteiger partial charge in [0.15, 0.2) is 0 Å². The van der Waals surface area contributed by atoms with Crippen molar-refractivity contribution in [3.63, 3.8) is 0 Å². The van der Waals surface area contributed by atoms with E-state index < -0.39 is 45.7 Å². The highest BCUT2D eigenvalue weighted by Crippen LogP contribution is 2.27. The number of rotatable bonds is 12. The number of aliphatic hydroxyl groups excluding tert-OH is 1. The zero-order chi connectivity index (χ0) is 24.9. The lowest BCUT2D eigenvalue weighted by molar-refractivity contribution is 0.311. The zero-order valence-electron chi connectivity index (χ0n) is 16.9. The number of hydrogen-bond acceptors (Lipinski definition) is 13. The first-order valence-electron chi connectivity index (χ1n) is 8.84. The van der Waals surface area contributed by atoms with Gasteiger partial charge in [-0.3, -0.25) is 9.11 Å². The predicted molar refractivity (Wildman–Crippen MR) is 116 cm³/mol. The molecule has 33 heavy (non-hydrogen) atoms. The third-order valence-electron chi connectivity index (χ3n) is 3.58. The molecular weight excluding hydrogens is 506 g/mol. The van der Waals surface area contributed by atoms with Crippen molar-refractivity contribution in [1.29, 1.82) is 0 Å². The molecule has 16 nitrogen and oxygen atoms in total. The zero-order valence-corrected chi connectivity index (χ0v) is 19.4. The van der Waals surface area contributed by atoms with Crippen LogP contribution >= 0.6 is 0 Å². The number of aromatic nitrogens is 3. The summed E-state index contributed by atoms with van der Waals surface area (Å²) in [5.74, 6) is -0.497. The van der Waals surface area contributed by atoms with Gasteiger partial charge in [-0.05, 0) is 18.2 Å². The van der Waals surface area contributed by atoms with Gasteiger partial charge in [0.05, 0.1) is 23.4 Å². The Morgan fingerprint density at radius 2 is 1.39 bits per heavy atom. The maximum Gasteiger partial charge on any atom is 0.296 e. The summed E-state index contributed by atoms with van der Waals surface area (Å²) in [6.45, 7) is -0.216. The molecule has 1 heterocycles. The molecule has 0 spiro atoms. The average Bonchev–Trinajstić information content (AvgIpc) is 2.67. The van der Waals surface area contributed by atoms with Crippen molar-refractivity contribution in [2.75, 3.05) is 48.4 Å². The van der Waals surface area contributed by atoms with Crippen molar-refractivity contribution in [2.24, 2.45) is 0 Å². The highest BCUT2D eigenvalue weighted by atomic mass is 32.2. The molecule has 0 bridgehead atoms. The van der Waals surface area contributed by atoms with Gasteiger partial charge >= 0.3 is 0 Å². The van der Waals surface area contributed by atoms with Crippen LogP contribution in [0.4, 0.5) is 23.5 Å². The summed E-state index contributed by atoms with van der Waals surface area (Å²) in [6, 6.07) is 2.27. The number of nitrogens with one attached hydrogen (secondary N) is 4. The molecular formula is C14H21N7O9S3. The molecule has 19 heteroatoms. The SMILES string of the molecule is CS(=O)(=O)NCCNc1nc(NCCO)nc(Nc2cc(S(=O)(=O)O)ccc2S(=O)(=O)O)n1. The highest BCUT2D eigenvalue weighted by molar-refractivity contribution is 7.88. The molecule has 0 aliphatic carbocycles. The Morgan fingerprint density at radius 3 is 1.91 bits per heavy atom. The summed E-state index contributed by atoms with van der Waals surface area (Å²) >= 11 is 0. The van der Waals surface area contributed by atoms with E-state index in [0.717, 1.165) is 24.5 Å². The summed E-state index contributed by atoms with van der Waals surface area (Å²) in [7, 11) is -13.0. The Hall–Kier alpha value is -2.68. The van der Waals surface area contributed by atoms with E-state index in [1.54, 1.807) is 0 Å². The van der Waals surface area contributed by atoms with Crippen molar-refractivity contribution in [2.45, 2.75) is 9.79 Å². The van der Waals surface area contributed by atoms with Crippen LogP contribution in [0.2, 0.25) is 0 Å². The Kier molecular flexibility index (Phi) is 8.46. The van der Waals surface area contributed by atoms with Gasteiger partial charge in [-0.1, -0.05) is 0 Å². The number of sulfonamides is 1. The second kappa shape index (κ2) is 10.5. The monoisotopic (exact) mass is 527 g/mol. The van der Waals surface area contributed by atoms with Crippen LogP contribution in [0.5, 0.6) is 0 Å². The molecule has 0 aliphatic rings. The lowest BCUT2D eigenvalue weighted by Gasteiger charge is -2.13. The molecule has 0 fully saturated rings. The van der Waals surface area contributed by atoms with Gasteiger partial charge in [0.25, 0.3) is 20.2 Å². The van der Waals surface area contributed by atoms with Crippen molar-refractivity contribution >= 4 is 53.8 Å². The van der Waals surface area contributed by atoms with Crippen LogP contribution in [0.1, 0.15) is 0 Å². The van der Waals surface area contributed by atoms with E-state index in [0.29, 0.717) is 0 Å². The quantitative estimate of drug-likeness (QED) is 0.122. The van der Waals surface area contributed by atoms with Gasteiger partial charge in [-0.25, -0.2) is 13.1 Å². The van der Waals surface area contributed by atoms with Crippen LogP contribution in [0.15, 0.2) is 28.0 Å². The van der Waals surface area contributed by atoms with Crippen molar-refractivity contribution < 1.29 is 39.5 Å². The van der Waals surface area contributed by atoms with Crippen LogP contribution in [-0.2, 0) is 30.3 Å². The van der Waals surface area contributed by atoms with Gasteiger partial charge < -0.3 is 21.1 Å². The van der Waals surface area contributed by atoms with Crippen molar-refractivity contribution in [3.05, 3.63) is 18.2 Å². The molecule has 184 valence electrons. The van der Waals surface area contributed by atoms with Gasteiger partial charge in [0, 0.05) is 19.6 Å². The topological polar surface area (TPSA) is 250 Å². The smallest absolute Gasteiger partial charge is 0.296 e. The van der Waals surface area contributed by atoms with E-state index >= 15 is 0 Å². The Morgan fingerprint density at radius 1 is 0.818 bits per heavy atom. The van der Waals surface area contributed by atoms with E-state index in [9.17, 15) is 34.4 Å². The second-order valence-corrected chi connectivity index (χ2v) is 10.9. The fourth-order valence-corrected chi connectivity index (χ4v) is 3.89. The Balaban J connectivity index is 2.42. The minimum absolute atomic E-state index is 0.0179. The van der Waals surface area contributed by atoms with Crippen LogP contribution in [0.25, 0.3) is 0 Å². The number of benzene rings is 1. The van der Waals surface area contributed by atoms with Crippen molar-refractivity contribution in [1.82, 2.24) is 19.7 Å². The lowest BCUT2D eigenvalue weighted by atomic mass is 10.3. The standard InChI is InChI=1S/C14H21N7O9S3/c1-31(23,24)17-5-4-15-12-19-13(16-6-7-22)21-14(20-12)18-10-8-9(32(25,26)27)2-3-11(10)33(28,29)30/h2-3,8,17,22H,4-7H2,1H3,(H,25,26,27)(H,28,29,30)(H3,15,16,18,19,20,21). The number of nitrogens with zero attached hydrogens (tertiary/aromatic N) is 3. The Labute approximate surface area is 189 Å². The largest absolute Gasteiger partial charge is 0.395 e. The van der Waals surface area contributed by atoms with E-state index in [-0.39, 0.29) is 44.1 Å². The first kappa shape index (κ1) is 26.6. The summed E-state index contributed by atoms with van der Waals surface area (Å²) in [6.07, 6.45) is 0.975. The van der Waals surface area contributed by atoms with Gasteiger partial charge in [0.1, 0.15) is 4.90 Å². The van der Waals surface area contributed by atoms with Crippen LogP contribution < -0.4 is 20.7 Å². The predicted octanol–water partition coefficient (Wildman–Crippen LogP) is -1.53. The normalized spacial score (nSPS) is 12.4. The highest BCUT2D eigenvalue weighted by Gasteiger charge is 2.21. The molecule has 0 unspecified atom stereocenters. The average molecular weight is 528 g/mol. The second-order valence-electron chi connectivity index (χ2n) is 6.28. The minimum atomic E-state index is -4.82. The van der Waals surface area contributed by atoms with E-state index in [4.69, 9.17) is 5.11 Å². The summed E-state index contributed by atoms with van der Waals surface area (Å²) in [5, 5.41) is 16.8. The van der Waals surface area contributed by atoms with E-state index in [1.807, 2.05) is 0 Å². The fraction of sp³-hybridized carbons (Fsp3) is 0.357. The molecule has 7 N–H and O–H groups in total. The molecule has 0 radical (unpaired) electrons. The molecule has 0 amide bonds. The third-order valence-corrected chi connectivity index (χ3v) is 6.07. The Bertz CT molecular complexity index is 1320. The fourth-order valence-electron chi connectivity index (χ4n) is 2.28. The van der Waals surface area contributed by atoms with Crippen molar-refractivity contribution in [3.8, 4) is 0 Å². The van der Waals surface area contributed by atoms with E-state index in [2.05, 4.69) is 35.6 Å². The number of aliphatic hydroxyl groups is 1. The first-order valence-corrected chi connectivity index (χ1v) is 13.6. The molecule has 2 rings (SSSR count). The third kappa shape index (κ3) is 8.64. The maximum atomic E-state index is 11.7.